The van der Waals surface area contributed by atoms with Crippen LogP contribution < -0.4 is 10.1 Å². The Hall–Kier alpha value is -2.61. The highest BCUT2D eigenvalue weighted by atomic mass is 32.2. The molecule has 1 atom stereocenters. The molecule has 26 heavy (non-hydrogen) atoms. The number of carbonyl (C=O) groups is 1. The molecule has 0 spiro atoms. The summed E-state index contributed by atoms with van der Waals surface area (Å²) in [6.45, 7) is 0. The number of hydrogen-bond donors (Lipinski definition) is 1. The lowest BCUT2D eigenvalue weighted by molar-refractivity contribution is 0.0742. The van der Waals surface area contributed by atoms with Gasteiger partial charge in [-0.05, 0) is 42.8 Å². The third-order valence-corrected chi connectivity index (χ3v) is 6.19. The number of hydrogen-bond acceptors (Lipinski definition) is 6. The first-order valence-corrected chi connectivity index (χ1v) is 10.0. The summed E-state index contributed by atoms with van der Waals surface area (Å²) in [7, 11) is 0.199. The number of aromatic nitrogens is 1. The lowest BCUT2D eigenvalue weighted by atomic mass is 10.2. The van der Waals surface area contributed by atoms with E-state index in [0.717, 1.165) is 17.1 Å². The predicted octanol–water partition coefficient (Wildman–Crippen LogP) is 2.09. The smallest absolute Gasteiger partial charge is 0.272 e. The van der Waals surface area contributed by atoms with Crippen molar-refractivity contribution in [2.24, 2.45) is 0 Å². The Morgan fingerprint density at radius 1 is 1.19 bits per heavy atom. The monoisotopic (exact) mass is 375 g/mol. The molecule has 0 aliphatic carbocycles. The van der Waals surface area contributed by atoms with Crippen LogP contribution in [0.3, 0.4) is 0 Å². The van der Waals surface area contributed by atoms with Gasteiger partial charge < -0.3 is 15.0 Å². The van der Waals surface area contributed by atoms with Gasteiger partial charge in [-0.25, -0.2) is 13.4 Å². The number of pyridine rings is 1. The standard InChI is InChI=1S/C18H21N3O4S/c1-21(15-9-10-26(23,24)12-15)18(22)17-8-5-14(11-19-17)20-13-3-6-16(25-2)7-4-13/h3-8,11,15,20H,9-10,12H2,1-2H3. The van der Waals surface area contributed by atoms with Crippen molar-refractivity contribution in [3.8, 4) is 5.75 Å². The number of methoxy groups -OCH3 is 1. The molecule has 1 fully saturated rings. The van der Waals surface area contributed by atoms with Crippen molar-refractivity contribution in [3.63, 3.8) is 0 Å². The average Bonchev–Trinajstić information content (AvgIpc) is 3.01. The van der Waals surface area contributed by atoms with Crippen molar-refractivity contribution >= 4 is 27.1 Å². The van der Waals surface area contributed by atoms with Crippen molar-refractivity contribution in [2.75, 3.05) is 31.0 Å². The van der Waals surface area contributed by atoms with Crippen LogP contribution in [0, 0.1) is 0 Å². The molecule has 1 aliphatic heterocycles. The summed E-state index contributed by atoms with van der Waals surface area (Å²) in [5, 5.41) is 3.19. The van der Waals surface area contributed by atoms with Crippen molar-refractivity contribution in [2.45, 2.75) is 12.5 Å². The largest absolute Gasteiger partial charge is 0.497 e. The Morgan fingerprint density at radius 3 is 2.42 bits per heavy atom. The van der Waals surface area contributed by atoms with Crippen molar-refractivity contribution in [1.29, 1.82) is 0 Å². The molecule has 1 aromatic carbocycles. The molecule has 0 bridgehead atoms. The topological polar surface area (TPSA) is 88.6 Å². The molecule has 1 N–H and O–H groups in total. The molecule has 0 radical (unpaired) electrons. The fraction of sp³-hybridized carbons (Fsp3) is 0.333. The highest BCUT2D eigenvalue weighted by Crippen LogP contribution is 2.21. The molecule has 1 aromatic heterocycles. The number of benzene rings is 1. The maximum absolute atomic E-state index is 12.5. The second-order valence-corrected chi connectivity index (χ2v) is 8.49. The zero-order valence-electron chi connectivity index (χ0n) is 14.7. The number of nitrogens with zero attached hydrogens (tertiary/aromatic N) is 2. The molecule has 7 nitrogen and oxygen atoms in total. The van der Waals surface area contributed by atoms with Gasteiger partial charge in [-0.15, -0.1) is 0 Å². The van der Waals surface area contributed by atoms with E-state index in [2.05, 4.69) is 10.3 Å². The zero-order chi connectivity index (χ0) is 18.7. The molecular weight excluding hydrogens is 354 g/mol. The van der Waals surface area contributed by atoms with Crippen molar-refractivity contribution < 1.29 is 17.9 Å². The third kappa shape index (κ3) is 4.13. The second kappa shape index (κ2) is 7.33. The summed E-state index contributed by atoms with van der Waals surface area (Å²) < 4.78 is 28.3. The van der Waals surface area contributed by atoms with E-state index < -0.39 is 9.84 Å². The summed E-state index contributed by atoms with van der Waals surface area (Å²) in [4.78, 5) is 18.2. The molecule has 1 amide bonds. The molecule has 1 unspecified atom stereocenters. The van der Waals surface area contributed by atoms with Crippen molar-refractivity contribution in [1.82, 2.24) is 9.88 Å². The van der Waals surface area contributed by atoms with Crippen LogP contribution in [-0.4, -0.2) is 55.9 Å². The lowest BCUT2D eigenvalue weighted by Gasteiger charge is -2.23. The van der Waals surface area contributed by atoms with Gasteiger partial charge in [0.1, 0.15) is 11.4 Å². The Balaban J connectivity index is 1.65. The van der Waals surface area contributed by atoms with Crippen LogP contribution in [0.5, 0.6) is 5.75 Å². The van der Waals surface area contributed by atoms with E-state index in [9.17, 15) is 13.2 Å². The number of anilines is 2. The number of ether oxygens (including phenoxy) is 1. The first-order valence-electron chi connectivity index (χ1n) is 8.23. The molecule has 2 heterocycles. The molecule has 1 aliphatic rings. The van der Waals surface area contributed by atoms with Crippen LogP contribution in [0.15, 0.2) is 42.6 Å². The average molecular weight is 375 g/mol. The van der Waals surface area contributed by atoms with Gasteiger partial charge in [0.2, 0.25) is 0 Å². The third-order valence-electron chi connectivity index (χ3n) is 4.44. The van der Waals surface area contributed by atoms with E-state index in [1.807, 2.05) is 24.3 Å². The van der Waals surface area contributed by atoms with E-state index in [-0.39, 0.29) is 29.1 Å². The van der Waals surface area contributed by atoms with Gasteiger partial charge in [-0.2, -0.15) is 0 Å². The normalized spacial score (nSPS) is 18.3. The number of rotatable bonds is 5. The van der Waals surface area contributed by atoms with Gasteiger partial charge in [-0.1, -0.05) is 0 Å². The van der Waals surface area contributed by atoms with E-state index in [1.54, 1.807) is 32.5 Å². The number of carbonyl (C=O) groups excluding carboxylic acids is 1. The van der Waals surface area contributed by atoms with Gasteiger partial charge in [0.15, 0.2) is 9.84 Å². The van der Waals surface area contributed by atoms with Crippen LogP contribution >= 0.6 is 0 Å². The second-order valence-electron chi connectivity index (χ2n) is 6.26. The summed E-state index contributed by atoms with van der Waals surface area (Å²) in [6, 6.07) is 10.6. The quantitative estimate of drug-likeness (QED) is 0.861. The SMILES string of the molecule is COc1ccc(Nc2ccc(C(=O)N(C)C3CCS(=O)(=O)C3)nc2)cc1. The fourth-order valence-electron chi connectivity index (χ4n) is 2.86. The zero-order valence-corrected chi connectivity index (χ0v) is 15.5. The minimum absolute atomic E-state index is 0.0202. The maximum atomic E-state index is 12.5. The summed E-state index contributed by atoms with van der Waals surface area (Å²) in [5.74, 6) is 0.648. The molecule has 0 saturated carbocycles. The highest BCUT2D eigenvalue weighted by molar-refractivity contribution is 7.91. The highest BCUT2D eigenvalue weighted by Gasteiger charge is 2.33. The molecule has 2 aromatic rings. The van der Waals surface area contributed by atoms with Crippen molar-refractivity contribution in [3.05, 3.63) is 48.3 Å². The maximum Gasteiger partial charge on any atom is 0.272 e. The van der Waals surface area contributed by atoms with Crippen LogP contribution in [0.2, 0.25) is 0 Å². The first kappa shape index (κ1) is 18.2. The molecule has 1 saturated heterocycles. The number of nitrogens with one attached hydrogen (secondary N) is 1. The Bertz CT molecular complexity index is 880. The number of sulfone groups is 1. The molecule has 3 rings (SSSR count). The van der Waals surface area contributed by atoms with Gasteiger partial charge in [0, 0.05) is 18.8 Å². The summed E-state index contributed by atoms with van der Waals surface area (Å²) in [6.07, 6.45) is 2.05. The lowest BCUT2D eigenvalue weighted by Crippen LogP contribution is -2.38. The van der Waals surface area contributed by atoms with Crippen LogP contribution in [0.4, 0.5) is 11.4 Å². The van der Waals surface area contributed by atoms with Gasteiger partial charge >= 0.3 is 0 Å². The number of amides is 1. The molecule has 138 valence electrons. The Kier molecular flexibility index (Phi) is 5.13. The van der Waals surface area contributed by atoms with Gasteiger partial charge in [0.05, 0.1) is 30.5 Å². The van der Waals surface area contributed by atoms with E-state index in [0.29, 0.717) is 6.42 Å². The van der Waals surface area contributed by atoms with Crippen LogP contribution in [0.25, 0.3) is 0 Å². The first-order chi connectivity index (χ1) is 12.4. The van der Waals surface area contributed by atoms with E-state index in [1.165, 1.54) is 4.90 Å². The predicted molar refractivity (Wildman–Crippen MR) is 99.7 cm³/mol. The minimum atomic E-state index is -3.04. The molecular formula is C18H21N3O4S. The summed E-state index contributed by atoms with van der Waals surface area (Å²) >= 11 is 0. The molecule has 8 heteroatoms. The van der Waals surface area contributed by atoms with Gasteiger partial charge in [0.25, 0.3) is 5.91 Å². The Labute approximate surface area is 152 Å². The van der Waals surface area contributed by atoms with E-state index >= 15 is 0 Å². The fourth-order valence-corrected chi connectivity index (χ4v) is 4.64. The minimum Gasteiger partial charge on any atom is -0.497 e. The van der Waals surface area contributed by atoms with Gasteiger partial charge in [-0.3, -0.25) is 4.79 Å². The Morgan fingerprint density at radius 2 is 1.88 bits per heavy atom. The van der Waals surface area contributed by atoms with E-state index in [4.69, 9.17) is 4.74 Å². The van der Waals surface area contributed by atoms with Crippen LogP contribution in [-0.2, 0) is 9.84 Å². The van der Waals surface area contributed by atoms with Crippen LogP contribution in [0.1, 0.15) is 16.9 Å². The summed E-state index contributed by atoms with van der Waals surface area (Å²) in [5.41, 5.74) is 1.91.